The summed E-state index contributed by atoms with van der Waals surface area (Å²) < 4.78 is 5.33. The third-order valence-electron chi connectivity index (χ3n) is 3.93. The van der Waals surface area contributed by atoms with E-state index in [9.17, 15) is 0 Å². The molecule has 108 valence electrons. The molecule has 1 aliphatic rings. The van der Waals surface area contributed by atoms with E-state index < -0.39 is 0 Å². The molecule has 1 atom stereocenters. The lowest BCUT2D eigenvalue weighted by molar-refractivity contribution is 0.414. The highest BCUT2D eigenvalue weighted by Crippen LogP contribution is 2.36. The molecular weight excluding hydrogens is 278 g/mol. The maximum absolute atomic E-state index is 5.33. The summed E-state index contributed by atoms with van der Waals surface area (Å²) in [6, 6.07) is 16.9. The fraction of sp³-hybridized carbons (Fsp3) is 0.278. The van der Waals surface area contributed by atoms with Gasteiger partial charge >= 0.3 is 0 Å². The Bertz CT molecular complexity index is 652. The topological polar surface area (TPSA) is 21.6 Å². The van der Waals surface area contributed by atoms with Crippen LogP contribution in [0.1, 0.15) is 23.5 Å². The summed E-state index contributed by atoms with van der Waals surface area (Å²) in [6.07, 6.45) is 4.23. The van der Waals surface area contributed by atoms with Crippen LogP contribution in [0.4, 0.5) is 5.69 Å². The maximum Gasteiger partial charge on any atom is 0.119 e. The smallest absolute Gasteiger partial charge is 0.119 e. The Hall–Kier alpha value is -1.74. The molecule has 0 N–H and O–H groups in total. The number of hydrogen-bond donors (Lipinski definition) is 0. The highest BCUT2D eigenvalue weighted by molar-refractivity contribution is 8.13. The Kier molecular flexibility index (Phi) is 4.30. The Morgan fingerprint density at radius 1 is 1.14 bits per heavy atom. The monoisotopic (exact) mass is 297 g/mol. The van der Waals surface area contributed by atoms with Crippen molar-refractivity contribution in [2.75, 3.05) is 13.4 Å². The number of ether oxygens (including phenoxy) is 1. The lowest BCUT2D eigenvalue weighted by atomic mass is 9.94. The van der Waals surface area contributed by atoms with Crippen molar-refractivity contribution in [3.8, 4) is 5.75 Å². The normalized spacial score (nSPS) is 17.6. The molecule has 0 saturated heterocycles. The van der Waals surface area contributed by atoms with Crippen LogP contribution >= 0.6 is 11.8 Å². The van der Waals surface area contributed by atoms with Gasteiger partial charge in [0.25, 0.3) is 0 Å². The van der Waals surface area contributed by atoms with Gasteiger partial charge in [-0.2, -0.15) is 0 Å². The number of hydrogen-bond acceptors (Lipinski definition) is 3. The molecule has 3 heteroatoms. The standard InChI is InChI=1S/C18H19NOS/c1-20-15-9-11-17-14(12-15)8-10-16(18(19-17)21-2)13-6-4-3-5-7-13/h3-7,9,11-12,16H,8,10H2,1-2H3/t16-/m1/s1. The summed E-state index contributed by atoms with van der Waals surface area (Å²) >= 11 is 1.75. The number of aliphatic imine (C=N–C) groups is 1. The molecule has 0 aromatic heterocycles. The molecule has 21 heavy (non-hydrogen) atoms. The minimum absolute atomic E-state index is 0.389. The number of thioether (sulfide) groups is 1. The second kappa shape index (κ2) is 6.35. The van der Waals surface area contributed by atoms with Gasteiger partial charge in [0.15, 0.2) is 0 Å². The molecule has 0 unspecified atom stereocenters. The third kappa shape index (κ3) is 2.98. The van der Waals surface area contributed by atoms with E-state index in [1.807, 2.05) is 6.07 Å². The average Bonchev–Trinajstić information content (AvgIpc) is 2.74. The number of benzene rings is 2. The zero-order valence-corrected chi connectivity index (χ0v) is 13.2. The van der Waals surface area contributed by atoms with Crippen LogP contribution in [-0.2, 0) is 6.42 Å². The van der Waals surface area contributed by atoms with Crippen molar-refractivity contribution in [3.63, 3.8) is 0 Å². The van der Waals surface area contributed by atoms with Crippen LogP contribution in [0, 0.1) is 0 Å². The number of nitrogens with zero attached hydrogens (tertiary/aromatic N) is 1. The van der Waals surface area contributed by atoms with Gasteiger partial charge in [-0.1, -0.05) is 30.3 Å². The van der Waals surface area contributed by atoms with Crippen molar-refractivity contribution >= 4 is 22.5 Å². The summed E-state index contributed by atoms with van der Waals surface area (Å²) in [5.74, 6) is 1.30. The first-order valence-corrected chi connectivity index (χ1v) is 8.38. The molecule has 0 bridgehead atoms. The van der Waals surface area contributed by atoms with Crippen LogP contribution < -0.4 is 4.74 Å². The first kappa shape index (κ1) is 14.2. The molecule has 2 nitrogen and oxygen atoms in total. The van der Waals surface area contributed by atoms with Gasteiger partial charge in [0.1, 0.15) is 5.75 Å². The summed E-state index contributed by atoms with van der Waals surface area (Å²) in [6.45, 7) is 0. The Labute approximate surface area is 130 Å². The van der Waals surface area contributed by atoms with E-state index in [4.69, 9.17) is 9.73 Å². The SMILES string of the molecule is COc1ccc2c(c1)CC[C@H](c1ccccc1)C(SC)=N2. The van der Waals surface area contributed by atoms with Crippen LogP contribution in [0.25, 0.3) is 0 Å². The van der Waals surface area contributed by atoms with E-state index >= 15 is 0 Å². The fourth-order valence-electron chi connectivity index (χ4n) is 2.80. The van der Waals surface area contributed by atoms with E-state index in [0.29, 0.717) is 5.92 Å². The molecular formula is C18H19NOS. The van der Waals surface area contributed by atoms with Crippen LogP contribution in [-0.4, -0.2) is 18.4 Å². The van der Waals surface area contributed by atoms with Gasteiger partial charge in [-0.05, 0) is 48.4 Å². The molecule has 1 aliphatic heterocycles. The average molecular weight is 297 g/mol. The van der Waals surface area contributed by atoms with Gasteiger partial charge in [0.05, 0.1) is 17.8 Å². The highest BCUT2D eigenvalue weighted by Gasteiger charge is 2.22. The first-order valence-electron chi connectivity index (χ1n) is 7.16. The molecule has 2 aromatic rings. The summed E-state index contributed by atoms with van der Waals surface area (Å²) in [5.41, 5.74) is 3.71. The van der Waals surface area contributed by atoms with Gasteiger partial charge < -0.3 is 4.74 Å². The number of rotatable bonds is 2. The molecule has 0 radical (unpaired) electrons. The Morgan fingerprint density at radius 2 is 1.95 bits per heavy atom. The molecule has 3 rings (SSSR count). The van der Waals surface area contributed by atoms with Crippen molar-refractivity contribution < 1.29 is 4.74 Å². The second-order valence-electron chi connectivity index (χ2n) is 5.15. The van der Waals surface area contributed by atoms with Crippen molar-refractivity contribution in [3.05, 3.63) is 59.7 Å². The third-order valence-corrected chi connectivity index (χ3v) is 4.72. The minimum atomic E-state index is 0.389. The Morgan fingerprint density at radius 3 is 2.67 bits per heavy atom. The van der Waals surface area contributed by atoms with Crippen molar-refractivity contribution in [2.24, 2.45) is 4.99 Å². The van der Waals surface area contributed by atoms with E-state index in [-0.39, 0.29) is 0 Å². The molecule has 0 amide bonds. The molecule has 0 fully saturated rings. The number of methoxy groups -OCH3 is 1. The van der Waals surface area contributed by atoms with Gasteiger partial charge in [0, 0.05) is 5.92 Å². The highest BCUT2D eigenvalue weighted by atomic mass is 32.2. The minimum Gasteiger partial charge on any atom is -0.497 e. The maximum atomic E-state index is 5.33. The largest absolute Gasteiger partial charge is 0.497 e. The van der Waals surface area contributed by atoms with E-state index in [1.54, 1.807) is 18.9 Å². The summed E-state index contributed by atoms with van der Waals surface area (Å²) in [7, 11) is 1.71. The van der Waals surface area contributed by atoms with Gasteiger partial charge in [-0.25, -0.2) is 4.99 Å². The zero-order valence-electron chi connectivity index (χ0n) is 12.4. The first-order chi connectivity index (χ1) is 10.3. The summed E-state index contributed by atoms with van der Waals surface area (Å²) in [5, 5.41) is 1.20. The molecule has 1 heterocycles. The zero-order chi connectivity index (χ0) is 14.7. The van der Waals surface area contributed by atoms with Crippen LogP contribution in [0.5, 0.6) is 5.75 Å². The van der Waals surface area contributed by atoms with Crippen molar-refractivity contribution in [1.82, 2.24) is 0 Å². The summed E-state index contributed by atoms with van der Waals surface area (Å²) in [4.78, 5) is 4.91. The lowest BCUT2D eigenvalue weighted by Gasteiger charge is -2.16. The van der Waals surface area contributed by atoms with Crippen LogP contribution in [0.15, 0.2) is 53.5 Å². The number of fused-ring (bicyclic) bond motifs is 1. The molecule has 0 spiro atoms. The molecule has 0 aliphatic carbocycles. The lowest BCUT2D eigenvalue weighted by Crippen LogP contribution is -2.08. The van der Waals surface area contributed by atoms with Gasteiger partial charge in [0.2, 0.25) is 0 Å². The van der Waals surface area contributed by atoms with Crippen LogP contribution in [0.2, 0.25) is 0 Å². The fourth-order valence-corrected chi connectivity index (χ4v) is 3.53. The van der Waals surface area contributed by atoms with Crippen LogP contribution in [0.3, 0.4) is 0 Å². The second-order valence-corrected chi connectivity index (χ2v) is 5.98. The quantitative estimate of drug-likeness (QED) is 0.792. The molecule has 0 saturated carbocycles. The van der Waals surface area contributed by atoms with E-state index in [2.05, 4.69) is 48.7 Å². The number of aryl methyl sites for hydroxylation is 1. The van der Waals surface area contributed by atoms with Gasteiger partial charge in [-0.3, -0.25) is 0 Å². The Balaban J connectivity index is 1.99. The van der Waals surface area contributed by atoms with E-state index in [1.165, 1.54) is 16.2 Å². The van der Waals surface area contributed by atoms with Crippen molar-refractivity contribution in [2.45, 2.75) is 18.8 Å². The predicted octanol–water partition coefficient (Wildman–Crippen LogP) is 4.82. The predicted molar refractivity (Wildman–Crippen MR) is 91.1 cm³/mol. The molecule has 2 aromatic carbocycles. The van der Waals surface area contributed by atoms with Gasteiger partial charge in [-0.15, -0.1) is 11.8 Å². The van der Waals surface area contributed by atoms with E-state index in [0.717, 1.165) is 24.3 Å². The van der Waals surface area contributed by atoms with Crippen molar-refractivity contribution in [1.29, 1.82) is 0 Å².